The van der Waals surface area contributed by atoms with E-state index >= 15 is 0 Å². The molecule has 0 fully saturated rings. The van der Waals surface area contributed by atoms with E-state index in [2.05, 4.69) is 45.3 Å². The number of hydrogen-bond acceptors (Lipinski definition) is 2. The predicted molar refractivity (Wildman–Crippen MR) is 70.1 cm³/mol. The summed E-state index contributed by atoms with van der Waals surface area (Å²) in [5, 5.41) is 3.30. The zero-order valence-electron chi connectivity index (χ0n) is 9.58. The zero-order chi connectivity index (χ0) is 11.7. The third kappa shape index (κ3) is 2.44. The van der Waals surface area contributed by atoms with E-state index in [1.807, 2.05) is 30.8 Å². The standard InChI is InChI=1S/C12H14BrN3/c1-8-4-10(13)6-11(5-8)15-12-14-9(2)7-16(12)3/h4-7H,1-3H3,(H,14,15). The minimum absolute atomic E-state index is 0.856. The SMILES string of the molecule is Cc1cc(Br)cc(Nc2nc(C)cn2C)c1. The normalized spacial score (nSPS) is 10.5. The monoisotopic (exact) mass is 279 g/mol. The number of hydrogen-bond donors (Lipinski definition) is 1. The molecule has 1 N–H and O–H groups in total. The Labute approximate surface area is 104 Å². The highest BCUT2D eigenvalue weighted by Gasteiger charge is 2.03. The number of nitrogens with zero attached hydrogens (tertiary/aromatic N) is 2. The lowest BCUT2D eigenvalue weighted by molar-refractivity contribution is 0.923. The van der Waals surface area contributed by atoms with Crippen LogP contribution in [-0.2, 0) is 7.05 Å². The number of imidazole rings is 1. The van der Waals surface area contributed by atoms with Crippen LogP contribution in [0.3, 0.4) is 0 Å². The fourth-order valence-corrected chi connectivity index (χ4v) is 2.28. The van der Waals surface area contributed by atoms with Crippen LogP contribution in [-0.4, -0.2) is 9.55 Å². The molecule has 1 aromatic carbocycles. The molecule has 4 heteroatoms. The maximum Gasteiger partial charge on any atom is 0.207 e. The highest BCUT2D eigenvalue weighted by molar-refractivity contribution is 9.10. The van der Waals surface area contributed by atoms with Gasteiger partial charge in [0, 0.05) is 23.4 Å². The average Bonchev–Trinajstić information content (AvgIpc) is 2.43. The predicted octanol–water partition coefficient (Wildman–Crippen LogP) is 3.54. The molecule has 2 rings (SSSR count). The Morgan fingerprint density at radius 2 is 2.00 bits per heavy atom. The minimum atomic E-state index is 0.856. The van der Waals surface area contributed by atoms with Crippen molar-refractivity contribution in [3.8, 4) is 0 Å². The molecule has 0 atom stereocenters. The van der Waals surface area contributed by atoms with Gasteiger partial charge in [0.05, 0.1) is 5.69 Å². The third-order valence-corrected chi connectivity index (χ3v) is 2.75. The molecule has 0 saturated carbocycles. The van der Waals surface area contributed by atoms with Crippen molar-refractivity contribution in [1.29, 1.82) is 0 Å². The molecule has 0 amide bonds. The first-order chi connectivity index (χ1) is 7.54. The van der Waals surface area contributed by atoms with E-state index in [4.69, 9.17) is 0 Å². The number of aromatic nitrogens is 2. The number of nitrogens with one attached hydrogen (secondary N) is 1. The molecule has 2 aromatic rings. The van der Waals surface area contributed by atoms with Gasteiger partial charge in [-0.15, -0.1) is 0 Å². The zero-order valence-corrected chi connectivity index (χ0v) is 11.2. The van der Waals surface area contributed by atoms with Crippen LogP contribution in [0.25, 0.3) is 0 Å². The largest absolute Gasteiger partial charge is 0.326 e. The molecular formula is C12H14BrN3. The van der Waals surface area contributed by atoms with E-state index in [1.54, 1.807) is 0 Å². The summed E-state index contributed by atoms with van der Waals surface area (Å²) in [5.41, 5.74) is 3.26. The van der Waals surface area contributed by atoms with Crippen LogP contribution in [0.1, 0.15) is 11.3 Å². The summed E-state index contributed by atoms with van der Waals surface area (Å²) in [6.45, 7) is 4.05. The molecule has 0 unspecified atom stereocenters. The Hall–Kier alpha value is -1.29. The Kier molecular flexibility index (Phi) is 3.01. The number of anilines is 2. The average molecular weight is 280 g/mol. The highest BCUT2D eigenvalue weighted by Crippen LogP contribution is 2.22. The number of halogens is 1. The quantitative estimate of drug-likeness (QED) is 0.911. The van der Waals surface area contributed by atoms with Crippen LogP contribution >= 0.6 is 15.9 Å². The van der Waals surface area contributed by atoms with Gasteiger partial charge in [0.2, 0.25) is 5.95 Å². The van der Waals surface area contributed by atoms with Crippen molar-refractivity contribution in [2.45, 2.75) is 13.8 Å². The summed E-state index contributed by atoms with van der Waals surface area (Å²) >= 11 is 3.48. The van der Waals surface area contributed by atoms with Crippen LogP contribution in [0, 0.1) is 13.8 Å². The van der Waals surface area contributed by atoms with Gasteiger partial charge in [-0.25, -0.2) is 4.98 Å². The van der Waals surface area contributed by atoms with Crippen molar-refractivity contribution in [3.05, 3.63) is 40.1 Å². The van der Waals surface area contributed by atoms with Crippen molar-refractivity contribution in [2.75, 3.05) is 5.32 Å². The number of benzene rings is 1. The summed E-state index contributed by atoms with van der Waals surface area (Å²) in [7, 11) is 1.98. The van der Waals surface area contributed by atoms with Crippen LogP contribution in [0.2, 0.25) is 0 Å². The van der Waals surface area contributed by atoms with Crippen LogP contribution < -0.4 is 5.32 Å². The molecule has 0 aliphatic heterocycles. The minimum Gasteiger partial charge on any atom is -0.326 e. The van der Waals surface area contributed by atoms with E-state index in [9.17, 15) is 0 Å². The second kappa shape index (κ2) is 4.29. The fourth-order valence-electron chi connectivity index (χ4n) is 1.67. The summed E-state index contributed by atoms with van der Waals surface area (Å²) in [6, 6.07) is 6.21. The molecule has 0 radical (unpaired) electrons. The Morgan fingerprint density at radius 3 is 2.56 bits per heavy atom. The molecule has 16 heavy (non-hydrogen) atoms. The first kappa shape index (κ1) is 11.2. The van der Waals surface area contributed by atoms with Gasteiger partial charge in [-0.05, 0) is 37.6 Å². The topological polar surface area (TPSA) is 29.9 Å². The van der Waals surface area contributed by atoms with Gasteiger partial charge in [-0.2, -0.15) is 0 Å². The summed E-state index contributed by atoms with van der Waals surface area (Å²) in [6.07, 6.45) is 1.99. The summed E-state index contributed by atoms with van der Waals surface area (Å²) in [4.78, 5) is 4.40. The van der Waals surface area contributed by atoms with Crippen molar-refractivity contribution in [3.63, 3.8) is 0 Å². The lowest BCUT2D eigenvalue weighted by Gasteiger charge is -2.07. The van der Waals surface area contributed by atoms with Gasteiger partial charge in [-0.3, -0.25) is 0 Å². The van der Waals surface area contributed by atoms with E-state index in [0.717, 1.165) is 21.8 Å². The molecule has 1 heterocycles. The van der Waals surface area contributed by atoms with Crippen molar-refractivity contribution >= 4 is 27.6 Å². The molecule has 0 aliphatic rings. The van der Waals surface area contributed by atoms with Crippen molar-refractivity contribution < 1.29 is 0 Å². The van der Waals surface area contributed by atoms with E-state index < -0.39 is 0 Å². The highest BCUT2D eigenvalue weighted by atomic mass is 79.9. The number of aryl methyl sites for hydroxylation is 3. The van der Waals surface area contributed by atoms with Gasteiger partial charge in [0.15, 0.2) is 0 Å². The van der Waals surface area contributed by atoms with Gasteiger partial charge < -0.3 is 9.88 Å². The molecule has 84 valence electrons. The molecule has 0 bridgehead atoms. The Morgan fingerprint density at radius 1 is 1.25 bits per heavy atom. The van der Waals surface area contributed by atoms with Gasteiger partial charge >= 0.3 is 0 Å². The summed E-state index contributed by atoms with van der Waals surface area (Å²) < 4.78 is 3.05. The second-order valence-corrected chi connectivity index (χ2v) is 4.87. The molecule has 0 saturated heterocycles. The van der Waals surface area contributed by atoms with Gasteiger partial charge in [0.25, 0.3) is 0 Å². The van der Waals surface area contributed by atoms with Gasteiger partial charge in [0.1, 0.15) is 0 Å². The number of rotatable bonds is 2. The van der Waals surface area contributed by atoms with Crippen LogP contribution in [0.5, 0.6) is 0 Å². The Bertz CT molecular complexity index is 497. The van der Waals surface area contributed by atoms with Gasteiger partial charge in [-0.1, -0.05) is 15.9 Å². The molecule has 1 aromatic heterocycles. The molecular weight excluding hydrogens is 266 g/mol. The Balaban J connectivity index is 2.30. The first-order valence-electron chi connectivity index (χ1n) is 5.09. The van der Waals surface area contributed by atoms with E-state index in [1.165, 1.54) is 5.56 Å². The second-order valence-electron chi connectivity index (χ2n) is 3.96. The fraction of sp³-hybridized carbons (Fsp3) is 0.250. The van der Waals surface area contributed by atoms with Crippen LogP contribution in [0.15, 0.2) is 28.9 Å². The van der Waals surface area contributed by atoms with Crippen LogP contribution in [0.4, 0.5) is 11.6 Å². The van der Waals surface area contributed by atoms with Crippen molar-refractivity contribution in [1.82, 2.24) is 9.55 Å². The molecule has 0 aliphatic carbocycles. The first-order valence-corrected chi connectivity index (χ1v) is 5.88. The maximum absolute atomic E-state index is 4.40. The molecule has 3 nitrogen and oxygen atoms in total. The van der Waals surface area contributed by atoms with E-state index in [-0.39, 0.29) is 0 Å². The van der Waals surface area contributed by atoms with Crippen molar-refractivity contribution in [2.24, 2.45) is 7.05 Å². The smallest absolute Gasteiger partial charge is 0.207 e. The third-order valence-electron chi connectivity index (χ3n) is 2.30. The summed E-state index contributed by atoms with van der Waals surface area (Å²) in [5.74, 6) is 0.856. The van der Waals surface area contributed by atoms with E-state index in [0.29, 0.717) is 0 Å². The maximum atomic E-state index is 4.40. The molecule has 0 spiro atoms. The lowest BCUT2D eigenvalue weighted by Crippen LogP contribution is -1.98. The lowest BCUT2D eigenvalue weighted by atomic mass is 10.2.